The molecule has 0 amide bonds. The molecule has 1 saturated heterocycles. The molecule has 0 aliphatic carbocycles. The van der Waals surface area contributed by atoms with Crippen LogP contribution in [0.2, 0.25) is 0 Å². The molecule has 0 bridgehead atoms. The van der Waals surface area contributed by atoms with Crippen LogP contribution in [0.1, 0.15) is 35.2 Å². The van der Waals surface area contributed by atoms with Gasteiger partial charge in [-0.25, -0.2) is 9.78 Å². The third-order valence-corrected chi connectivity index (χ3v) is 7.15. The van der Waals surface area contributed by atoms with Gasteiger partial charge in [0.15, 0.2) is 0 Å². The van der Waals surface area contributed by atoms with Gasteiger partial charge >= 0.3 is 5.63 Å². The Morgan fingerprint density at radius 3 is 2.76 bits per heavy atom. The Morgan fingerprint density at radius 1 is 1.15 bits per heavy atom. The molecule has 7 nitrogen and oxygen atoms in total. The van der Waals surface area contributed by atoms with E-state index in [1.807, 2.05) is 12.1 Å². The van der Waals surface area contributed by atoms with Crippen molar-refractivity contribution in [1.29, 1.82) is 0 Å². The van der Waals surface area contributed by atoms with E-state index < -0.39 is 0 Å². The van der Waals surface area contributed by atoms with E-state index in [0.717, 1.165) is 71.7 Å². The Morgan fingerprint density at radius 2 is 1.97 bits per heavy atom. The summed E-state index contributed by atoms with van der Waals surface area (Å²) in [6.07, 6.45) is 1.78. The summed E-state index contributed by atoms with van der Waals surface area (Å²) in [6.45, 7) is 10.1. The molecule has 0 saturated carbocycles. The second-order valence-corrected chi connectivity index (χ2v) is 9.60. The second-order valence-electron chi connectivity index (χ2n) is 8.40. The largest absolute Gasteiger partial charge is 0.438 e. The summed E-state index contributed by atoms with van der Waals surface area (Å²) in [7, 11) is 0. The molecule has 1 aromatic carbocycles. The summed E-state index contributed by atoms with van der Waals surface area (Å²) in [5.41, 5.74) is 2.31. The summed E-state index contributed by atoms with van der Waals surface area (Å²) in [5.74, 6) is 1.86. The van der Waals surface area contributed by atoms with Gasteiger partial charge in [0.2, 0.25) is 5.88 Å². The molecule has 3 aromatic heterocycles. The van der Waals surface area contributed by atoms with Crippen LogP contribution in [0.15, 0.2) is 33.5 Å². The van der Waals surface area contributed by atoms with Crippen LogP contribution >= 0.6 is 11.3 Å². The molecule has 5 rings (SSSR count). The number of nitrogens with zero attached hydrogens (tertiary/aromatic N) is 3. The first kappa shape index (κ1) is 22.0. The summed E-state index contributed by atoms with van der Waals surface area (Å²) in [4.78, 5) is 26.1. The molecule has 1 aliphatic heterocycles. The van der Waals surface area contributed by atoms with E-state index in [1.165, 1.54) is 4.88 Å². The summed E-state index contributed by atoms with van der Waals surface area (Å²) >= 11 is 1.66. The lowest BCUT2D eigenvalue weighted by atomic mass is 10.1. The van der Waals surface area contributed by atoms with Crippen LogP contribution in [-0.2, 0) is 17.7 Å². The van der Waals surface area contributed by atoms with Gasteiger partial charge in [0.05, 0.1) is 25.1 Å². The highest BCUT2D eigenvalue weighted by Crippen LogP contribution is 2.37. The molecule has 8 heteroatoms. The van der Waals surface area contributed by atoms with Gasteiger partial charge in [0.1, 0.15) is 22.0 Å². The molecule has 0 atom stereocenters. The standard InChI is InChI=1S/C25H27N3O4S/c1-4-5-17-12-22(29)32-20-13-18(6-7-19(17)20)31-24-23-15(2)16(3)33-25(23)27-21(26-24)14-28-8-10-30-11-9-28/h6-7,12-13H,4-5,8-11,14H2,1-3H3. The smallest absolute Gasteiger partial charge is 0.336 e. The van der Waals surface area contributed by atoms with Gasteiger partial charge < -0.3 is 13.9 Å². The SMILES string of the molecule is CCCc1cc(=O)oc2cc(Oc3nc(CN4CCOCC4)nc4sc(C)c(C)c34)ccc12. The van der Waals surface area contributed by atoms with Crippen molar-refractivity contribution in [2.24, 2.45) is 0 Å². The minimum absolute atomic E-state index is 0.343. The fourth-order valence-electron chi connectivity index (χ4n) is 4.22. The van der Waals surface area contributed by atoms with Gasteiger partial charge in [-0.15, -0.1) is 11.3 Å². The second kappa shape index (κ2) is 9.21. The van der Waals surface area contributed by atoms with Crippen LogP contribution in [0.5, 0.6) is 11.6 Å². The van der Waals surface area contributed by atoms with Gasteiger partial charge in [-0.1, -0.05) is 13.3 Å². The third kappa shape index (κ3) is 4.51. The zero-order valence-electron chi connectivity index (χ0n) is 19.1. The fraction of sp³-hybridized carbons (Fsp3) is 0.400. The van der Waals surface area contributed by atoms with Crippen molar-refractivity contribution >= 4 is 32.5 Å². The minimum Gasteiger partial charge on any atom is -0.438 e. The predicted octanol–water partition coefficient (Wildman–Crippen LogP) is 4.99. The Bertz CT molecular complexity index is 1370. The lowest BCUT2D eigenvalue weighted by molar-refractivity contribution is 0.0330. The Kier molecular flexibility index (Phi) is 6.14. The maximum atomic E-state index is 12.1. The number of rotatable bonds is 6. The molecule has 0 radical (unpaired) electrons. The summed E-state index contributed by atoms with van der Waals surface area (Å²) < 4.78 is 17.3. The van der Waals surface area contributed by atoms with Crippen molar-refractivity contribution in [3.05, 3.63) is 56.5 Å². The van der Waals surface area contributed by atoms with Crippen molar-refractivity contribution in [1.82, 2.24) is 14.9 Å². The lowest BCUT2D eigenvalue weighted by Crippen LogP contribution is -2.36. The molecular weight excluding hydrogens is 438 g/mol. The quantitative estimate of drug-likeness (QED) is 0.371. The van der Waals surface area contributed by atoms with Crippen LogP contribution in [0, 0.1) is 13.8 Å². The van der Waals surface area contributed by atoms with E-state index in [-0.39, 0.29) is 5.63 Å². The Balaban J connectivity index is 1.54. The Labute approximate surface area is 196 Å². The molecule has 0 spiro atoms. The number of hydrogen-bond donors (Lipinski definition) is 0. The normalized spacial score (nSPS) is 14.9. The number of benzene rings is 1. The van der Waals surface area contributed by atoms with Crippen LogP contribution < -0.4 is 10.4 Å². The molecular formula is C25H27N3O4S. The minimum atomic E-state index is -0.343. The van der Waals surface area contributed by atoms with E-state index in [0.29, 0.717) is 23.8 Å². The molecule has 172 valence electrons. The average Bonchev–Trinajstić information content (AvgIpc) is 3.08. The Hall–Kier alpha value is -2.81. The maximum absolute atomic E-state index is 12.1. The van der Waals surface area contributed by atoms with Crippen LogP contribution in [0.3, 0.4) is 0 Å². The van der Waals surface area contributed by atoms with Gasteiger partial charge in [0, 0.05) is 35.5 Å². The molecule has 1 aliphatic rings. The third-order valence-electron chi connectivity index (χ3n) is 6.05. The average molecular weight is 466 g/mol. The van der Waals surface area contributed by atoms with Crippen LogP contribution in [-0.4, -0.2) is 41.2 Å². The van der Waals surface area contributed by atoms with Gasteiger partial charge in [-0.2, -0.15) is 4.98 Å². The molecule has 4 aromatic rings. The molecule has 33 heavy (non-hydrogen) atoms. The first-order valence-corrected chi connectivity index (χ1v) is 12.1. The zero-order chi connectivity index (χ0) is 22.9. The van der Waals surface area contributed by atoms with Crippen molar-refractivity contribution in [2.75, 3.05) is 26.3 Å². The zero-order valence-corrected chi connectivity index (χ0v) is 20.0. The summed E-state index contributed by atoms with van der Waals surface area (Å²) in [5, 5.41) is 1.87. The lowest BCUT2D eigenvalue weighted by Gasteiger charge is -2.25. The van der Waals surface area contributed by atoms with Crippen molar-refractivity contribution in [3.8, 4) is 11.6 Å². The van der Waals surface area contributed by atoms with Crippen molar-refractivity contribution < 1.29 is 13.9 Å². The van der Waals surface area contributed by atoms with Gasteiger partial charge in [-0.05, 0) is 43.5 Å². The van der Waals surface area contributed by atoms with E-state index >= 15 is 0 Å². The van der Waals surface area contributed by atoms with Crippen LogP contribution in [0.4, 0.5) is 0 Å². The first-order valence-electron chi connectivity index (χ1n) is 11.3. The summed E-state index contributed by atoms with van der Waals surface area (Å²) in [6, 6.07) is 7.22. The number of hydrogen-bond acceptors (Lipinski definition) is 8. The van der Waals surface area contributed by atoms with Crippen LogP contribution in [0.25, 0.3) is 21.2 Å². The predicted molar refractivity (Wildman–Crippen MR) is 130 cm³/mol. The van der Waals surface area contributed by atoms with Crippen molar-refractivity contribution in [2.45, 2.75) is 40.2 Å². The maximum Gasteiger partial charge on any atom is 0.336 e. The topological polar surface area (TPSA) is 77.7 Å². The van der Waals surface area contributed by atoms with Gasteiger partial charge in [-0.3, -0.25) is 4.90 Å². The molecule has 0 N–H and O–H groups in total. The van der Waals surface area contributed by atoms with E-state index in [2.05, 4.69) is 25.7 Å². The molecule has 1 fully saturated rings. The first-order chi connectivity index (χ1) is 16.0. The number of ether oxygens (including phenoxy) is 2. The number of fused-ring (bicyclic) bond motifs is 2. The molecule has 0 unspecified atom stereocenters. The monoisotopic (exact) mass is 465 g/mol. The highest BCUT2D eigenvalue weighted by atomic mass is 32.1. The number of thiophene rings is 1. The van der Waals surface area contributed by atoms with E-state index in [9.17, 15) is 4.79 Å². The van der Waals surface area contributed by atoms with E-state index in [1.54, 1.807) is 23.5 Å². The number of aromatic nitrogens is 2. The fourth-order valence-corrected chi connectivity index (χ4v) is 5.26. The highest BCUT2D eigenvalue weighted by Gasteiger charge is 2.19. The number of aryl methyl sites for hydroxylation is 3. The molecule has 4 heterocycles. The highest BCUT2D eigenvalue weighted by molar-refractivity contribution is 7.18. The number of morpholine rings is 1. The van der Waals surface area contributed by atoms with Gasteiger partial charge in [0.25, 0.3) is 0 Å². The van der Waals surface area contributed by atoms with Crippen molar-refractivity contribution in [3.63, 3.8) is 0 Å². The van der Waals surface area contributed by atoms with E-state index in [4.69, 9.17) is 23.9 Å².